The molecule has 2 heterocycles. The fourth-order valence-electron chi connectivity index (χ4n) is 2.70. The average molecular weight is 407 g/mol. The van der Waals surface area contributed by atoms with Gasteiger partial charge in [0.15, 0.2) is 0 Å². The summed E-state index contributed by atoms with van der Waals surface area (Å²) < 4.78 is 42.4. The number of hydrogen-bond acceptors (Lipinski definition) is 6. The van der Waals surface area contributed by atoms with Crippen molar-refractivity contribution in [3.05, 3.63) is 52.8 Å². The van der Waals surface area contributed by atoms with Crippen LogP contribution in [0.25, 0.3) is 10.8 Å². The highest BCUT2D eigenvalue weighted by atomic mass is 19.4. The molecule has 1 N–H and O–H groups in total. The average Bonchev–Trinajstić information content (AvgIpc) is 2.63. The molecule has 0 spiro atoms. The molecule has 1 aromatic carbocycles. The predicted octanol–water partition coefficient (Wildman–Crippen LogP) is 2.85. The summed E-state index contributed by atoms with van der Waals surface area (Å²) in [6.07, 6.45) is -2.15. The Labute approximate surface area is 162 Å². The first kappa shape index (κ1) is 20.2. The van der Waals surface area contributed by atoms with Gasteiger partial charge in [0.05, 0.1) is 11.1 Å². The quantitative estimate of drug-likeness (QED) is 0.698. The number of hydrogen-bond donors (Lipinski definition) is 1. The van der Waals surface area contributed by atoms with Crippen molar-refractivity contribution in [1.29, 1.82) is 0 Å². The molecular formula is C18H16F3N5O3. The predicted molar refractivity (Wildman–Crippen MR) is 97.4 cm³/mol. The first-order chi connectivity index (χ1) is 13.6. The van der Waals surface area contributed by atoms with Gasteiger partial charge in [-0.2, -0.15) is 5.10 Å². The van der Waals surface area contributed by atoms with E-state index in [4.69, 9.17) is 0 Å². The number of halogens is 3. The minimum absolute atomic E-state index is 0.132. The van der Waals surface area contributed by atoms with Gasteiger partial charge in [-0.05, 0) is 30.2 Å². The highest BCUT2D eigenvalue weighted by Gasteiger charge is 2.31. The normalized spacial score (nSPS) is 11.7. The van der Waals surface area contributed by atoms with Crippen LogP contribution in [0, 0.1) is 0 Å². The van der Waals surface area contributed by atoms with Gasteiger partial charge < -0.3 is 10.1 Å². The lowest BCUT2D eigenvalue weighted by atomic mass is 10.0. The zero-order chi connectivity index (χ0) is 21.2. The number of alkyl halides is 3. The van der Waals surface area contributed by atoms with Crippen molar-refractivity contribution in [2.75, 3.05) is 5.32 Å². The topological polar surface area (TPSA) is 99.0 Å². The lowest BCUT2D eigenvalue weighted by molar-refractivity contribution is -0.274. The Bertz CT molecular complexity index is 1100. The fraction of sp³-hybridized carbons (Fsp3) is 0.278. The number of carbonyl (C=O) groups is 1. The summed E-state index contributed by atoms with van der Waals surface area (Å²) in [4.78, 5) is 32.6. The Hall–Kier alpha value is -3.50. The Morgan fingerprint density at radius 2 is 2.00 bits per heavy atom. The molecule has 3 rings (SSSR count). The number of rotatable bonds is 5. The minimum Gasteiger partial charge on any atom is -0.406 e. The summed E-state index contributed by atoms with van der Waals surface area (Å²) in [5.74, 6) is -0.955. The molecule has 0 aliphatic carbocycles. The van der Waals surface area contributed by atoms with E-state index in [-0.39, 0.29) is 29.1 Å². The zero-order valence-electron chi connectivity index (χ0n) is 15.4. The second-order valence-corrected chi connectivity index (χ2v) is 6.40. The highest BCUT2D eigenvalue weighted by molar-refractivity contribution is 5.90. The van der Waals surface area contributed by atoms with E-state index in [1.165, 1.54) is 24.7 Å². The van der Waals surface area contributed by atoms with Gasteiger partial charge in [0.25, 0.3) is 5.56 Å². The lowest BCUT2D eigenvalue weighted by Gasteiger charge is -2.15. The first-order valence-electron chi connectivity index (χ1n) is 8.50. The molecule has 0 fully saturated rings. The Morgan fingerprint density at radius 1 is 1.24 bits per heavy atom. The van der Waals surface area contributed by atoms with Crippen LogP contribution in [0.1, 0.15) is 25.5 Å². The van der Waals surface area contributed by atoms with Crippen LogP contribution in [0.5, 0.6) is 5.75 Å². The van der Waals surface area contributed by atoms with E-state index < -0.39 is 23.6 Å². The summed E-state index contributed by atoms with van der Waals surface area (Å²) in [5, 5.41) is 7.08. The van der Waals surface area contributed by atoms with Gasteiger partial charge in [0.2, 0.25) is 5.91 Å². The zero-order valence-corrected chi connectivity index (χ0v) is 15.4. The minimum atomic E-state index is -4.85. The summed E-state index contributed by atoms with van der Waals surface area (Å²) in [6.45, 7) is 3.16. The molecule has 0 saturated heterocycles. The number of nitrogens with zero attached hydrogens (tertiary/aromatic N) is 4. The van der Waals surface area contributed by atoms with Gasteiger partial charge in [0.1, 0.15) is 24.4 Å². The maximum absolute atomic E-state index is 12.7. The van der Waals surface area contributed by atoms with Crippen molar-refractivity contribution in [2.45, 2.75) is 32.7 Å². The van der Waals surface area contributed by atoms with Gasteiger partial charge in [-0.15, -0.1) is 13.2 Å². The smallest absolute Gasteiger partial charge is 0.406 e. The summed E-state index contributed by atoms with van der Waals surface area (Å²) in [7, 11) is 0. The van der Waals surface area contributed by atoms with Crippen LogP contribution in [0.2, 0.25) is 0 Å². The highest BCUT2D eigenvalue weighted by Crippen LogP contribution is 2.28. The second kappa shape index (κ2) is 7.86. The van der Waals surface area contributed by atoms with E-state index in [2.05, 4.69) is 25.1 Å². The van der Waals surface area contributed by atoms with Crippen molar-refractivity contribution < 1.29 is 22.7 Å². The summed E-state index contributed by atoms with van der Waals surface area (Å²) in [6, 6.07) is 4.88. The van der Waals surface area contributed by atoms with E-state index >= 15 is 0 Å². The molecular weight excluding hydrogens is 391 g/mol. The molecule has 3 aromatic rings. The third-order valence-corrected chi connectivity index (χ3v) is 3.88. The molecule has 0 aliphatic rings. The van der Waals surface area contributed by atoms with E-state index in [0.717, 1.165) is 16.8 Å². The van der Waals surface area contributed by atoms with Gasteiger partial charge >= 0.3 is 6.36 Å². The monoisotopic (exact) mass is 407 g/mol. The molecule has 0 bridgehead atoms. The van der Waals surface area contributed by atoms with Crippen molar-refractivity contribution in [3.63, 3.8) is 0 Å². The van der Waals surface area contributed by atoms with E-state index in [0.29, 0.717) is 5.69 Å². The number of nitrogens with one attached hydrogen (secondary N) is 1. The Kier molecular flexibility index (Phi) is 5.48. The molecule has 0 saturated carbocycles. The Balaban J connectivity index is 1.98. The third-order valence-electron chi connectivity index (χ3n) is 3.88. The van der Waals surface area contributed by atoms with Crippen molar-refractivity contribution in [1.82, 2.24) is 19.7 Å². The largest absolute Gasteiger partial charge is 0.573 e. The van der Waals surface area contributed by atoms with Gasteiger partial charge in [-0.25, -0.2) is 14.6 Å². The van der Waals surface area contributed by atoms with Crippen LogP contribution in [0.4, 0.5) is 19.0 Å². The molecule has 152 valence electrons. The molecule has 8 nitrogen and oxygen atoms in total. The second-order valence-electron chi connectivity index (χ2n) is 6.40. The van der Waals surface area contributed by atoms with Crippen LogP contribution in [-0.2, 0) is 11.3 Å². The van der Waals surface area contributed by atoms with Crippen LogP contribution >= 0.6 is 0 Å². The molecule has 29 heavy (non-hydrogen) atoms. The number of fused-ring (bicyclic) bond motifs is 1. The molecule has 0 radical (unpaired) electrons. The van der Waals surface area contributed by atoms with E-state index in [1.807, 2.05) is 0 Å². The summed E-state index contributed by atoms with van der Waals surface area (Å²) >= 11 is 0. The van der Waals surface area contributed by atoms with E-state index in [9.17, 15) is 22.8 Å². The van der Waals surface area contributed by atoms with Crippen molar-refractivity contribution in [3.8, 4) is 5.75 Å². The number of aromatic nitrogens is 4. The van der Waals surface area contributed by atoms with E-state index in [1.54, 1.807) is 13.8 Å². The molecule has 2 aromatic heterocycles. The standard InChI is InChI=1S/C18H16F3N5O3/c1-10(2)16-13-7-11(29-18(19,20)21)3-4-12(13)17(28)26(25-16)8-15(27)24-14-5-6-22-9-23-14/h3-7,9-10H,8H2,1-2H3,(H,22,23,24,27). The van der Waals surface area contributed by atoms with Crippen LogP contribution in [0.3, 0.4) is 0 Å². The van der Waals surface area contributed by atoms with Crippen LogP contribution < -0.4 is 15.6 Å². The number of anilines is 1. The SMILES string of the molecule is CC(C)c1nn(CC(=O)Nc2ccncn2)c(=O)c2ccc(OC(F)(F)F)cc12. The lowest BCUT2D eigenvalue weighted by Crippen LogP contribution is -2.31. The molecule has 11 heteroatoms. The summed E-state index contributed by atoms with van der Waals surface area (Å²) in [5.41, 5.74) is -0.247. The third kappa shape index (κ3) is 4.86. The Morgan fingerprint density at radius 3 is 2.62 bits per heavy atom. The number of carbonyl (C=O) groups excluding carboxylic acids is 1. The van der Waals surface area contributed by atoms with Crippen molar-refractivity contribution >= 4 is 22.5 Å². The van der Waals surface area contributed by atoms with Gasteiger partial charge in [-0.3, -0.25) is 9.59 Å². The van der Waals surface area contributed by atoms with Gasteiger partial charge in [0, 0.05) is 11.6 Å². The first-order valence-corrected chi connectivity index (χ1v) is 8.50. The fourth-order valence-corrected chi connectivity index (χ4v) is 2.70. The maximum Gasteiger partial charge on any atom is 0.573 e. The maximum atomic E-state index is 12.7. The molecule has 0 atom stereocenters. The van der Waals surface area contributed by atoms with Crippen molar-refractivity contribution in [2.24, 2.45) is 0 Å². The molecule has 1 amide bonds. The molecule has 0 aliphatic heterocycles. The van der Waals surface area contributed by atoms with Gasteiger partial charge in [-0.1, -0.05) is 13.8 Å². The molecule has 0 unspecified atom stereocenters. The van der Waals surface area contributed by atoms with Crippen LogP contribution in [0.15, 0.2) is 41.6 Å². The number of amides is 1. The number of benzene rings is 1. The number of ether oxygens (including phenoxy) is 1. The van der Waals surface area contributed by atoms with Crippen LogP contribution in [-0.4, -0.2) is 32.0 Å².